The van der Waals surface area contributed by atoms with Gasteiger partial charge in [0.05, 0.1) is 10.7 Å². The fourth-order valence-electron chi connectivity index (χ4n) is 3.49. The lowest BCUT2D eigenvalue weighted by atomic mass is 10.2. The second-order valence-corrected chi connectivity index (χ2v) is 8.36. The minimum atomic E-state index is 0.0253. The lowest BCUT2D eigenvalue weighted by Crippen LogP contribution is -2.30. The first-order chi connectivity index (χ1) is 14.7. The van der Waals surface area contributed by atoms with Crippen LogP contribution >= 0.6 is 11.3 Å². The van der Waals surface area contributed by atoms with Gasteiger partial charge in [0, 0.05) is 41.8 Å². The van der Waals surface area contributed by atoms with Gasteiger partial charge in [0.2, 0.25) is 5.91 Å². The van der Waals surface area contributed by atoms with Crippen LogP contribution in [-0.2, 0) is 11.4 Å². The van der Waals surface area contributed by atoms with Crippen LogP contribution in [0, 0.1) is 6.92 Å². The standard InChI is InChI=1S/C24H25N3O2S/c1-18-25-22(17-30-18)16-29-23-10-6-5-7-19(23)11-12-24(28)27-14-13-21(15-27)26-20-8-3-2-4-9-20/h2-12,17,21,26H,13-16H2,1H3/b12-11+. The molecule has 5 nitrogen and oxygen atoms in total. The summed E-state index contributed by atoms with van der Waals surface area (Å²) in [6.07, 6.45) is 4.42. The lowest BCUT2D eigenvalue weighted by Gasteiger charge is -2.16. The summed E-state index contributed by atoms with van der Waals surface area (Å²) < 4.78 is 5.94. The number of amides is 1. The Hall–Kier alpha value is -3.12. The van der Waals surface area contributed by atoms with E-state index in [2.05, 4.69) is 10.3 Å². The van der Waals surface area contributed by atoms with E-state index in [9.17, 15) is 4.79 Å². The first-order valence-electron chi connectivity index (χ1n) is 10.1. The molecule has 1 amide bonds. The van der Waals surface area contributed by atoms with E-state index in [1.54, 1.807) is 17.4 Å². The SMILES string of the molecule is Cc1nc(COc2ccccc2/C=C/C(=O)N2CCC(Nc3ccccc3)C2)cs1. The quantitative estimate of drug-likeness (QED) is 0.561. The van der Waals surface area contributed by atoms with Crippen LogP contribution in [0.15, 0.2) is 66.1 Å². The highest BCUT2D eigenvalue weighted by molar-refractivity contribution is 7.09. The number of anilines is 1. The molecule has 2 heterocycles. The Kier molecular flexibility index (Phi) is 6.44. The number of nitrogens with one attached hydrogen (secondary N) is 1. The van der Waals surface area contributed by atoms with Gasteiger partial charge in [-0.25, -0.2) is 4.98 Å². The van der Waals surface area contributed by atoms with Crippen LogP contribution < -0.4 is 10.1 Å². The number of likely N-dealkylation sites (tertiary alicyclic amines) is 1. The molecule has 1 atom stereocenters. The van der Waals surface area contributed by atoms with Crippen LogP contribution in [0.4, 0.5) is 5.69 Å². The topological polar surface area (TPSA) is 54.5 Å². The van der Waals surface area contributed by atoms with Crippen LogP contribution in [0.3, 0.4) is 0 Å². The van der Waals surface area contributed by atoms with Gasteiger partial charge in [-0.2, -0.15) is 0 Å². The zero-order valence-corrected chi connectivity index (χ0v) is 17.8. The number of ether oxygens (including phenoxy) is 1. The van der Waals surface area contributed by atoms with E-state index in [1.807, 2.05) is 77.9 Å². The van der Waals surface area contributed by atoms with Crippen molar-refractivity contribution in [3.63, 3.8) is 0 Å². The van der Waals surface area contributed by atoms with Gasteiger partial charge >= 0.3 is 0 Å². The van der Waals surface area contributed by atoms with E-state index in [1.165, 1.54) is 0 Å². The largest absolute Gasteiger partial charge is 0.487 e. The predicted octanol–water partition coefficient (Wildman–Crippen LogP) is 4.76. The summed E-state index contributed by atoms with van der Waals surface area (Å²) >= 11 is 1.61. The number of nitrogens with zero attached hydrogens (tertiary/aromatic N) is 2. The molecule has 154 valence electrons. The van der Waals surface area contributed by atoms with Gasteiger partial charge in [0.15, 0.2) is 0 Å². The third-order valence-electron chi connectivity index (χ3n) is 5.01. The molecule has 0 bridgehead atoms. The van der Waals surface area contributed by atoms with Crippen LogP contribution in [0.2, 0.25) is 0 Å². The van der Waals surface area contributed by atoms with Gasteiger partial charge < -0.3 is 15.0 Å². The molecule has 2 aromatic carbocycles. The second kappa shape index (κ2) is 9.59. The number of aromatic nitrogens is 1. The molecule has 4 rings (SSSR count). The lowest BCUT2D eigenvalue weighted by molar-refractivity contribution is -0.124. The number of para-hydroxylation sites is 2. The summed E-state index contributed by atoms with van der Waals surface area (Å²) in [5.74, 6) is 0.773. The molecule has 3 aromatic rings. The molecule has 6 heteroatoms. The average Bonchev–Trinajstić information content (AvgIpc) is 3.41. The smallest absolute Gasteiger partial charge is 0.246 e. The van der Waals surface area contributed by atoms with Crippen molar-refractivity contribution in [2.24, 2.45) is 0 Å². The Morgan fingerprint density at radius 1 is 1.23 bits per heavy atom. The van der Waals surface area contributed by atoms with E-state index >= 15 is 0 Å². The van der Waals surface area contributed by atoms with Crippen LogP contribution in [0.1, 0.15) is 22.7 Å². The fourth-order valence-corrected chi connectivity index (χ4v) is 4.09. The molecule has 0 radical (unpaired) electrons. The van der Waals surface area contributed by atoms with Crippen molar-refractivity contribution in [2.75, 3.05) is 18.4 Å². The van der Waals surface area contributed by atoms with Crippen molar-refractivity contribution >= 4 is 29.0 Å². The van der Waals surface area contributed by atoms with Crippen molar-refractivity contribution in [1.82, 2.24) is 9.88 Å². The summed E-state index contributed by atoms with van der Waals surface area (Å²) in [5.41, 5.74) is 2.89. The van der Waals surface area contributed by atoms with E-state index in [0.717, 1.165) is 40.7 Å². The molecular weight excluding hydrogens is 394 g/mol. The molecule has 1 N–H and O–H groups in total. The minimum absolute atomic E-state index is 0.0253. The first kappa shape index (κ1) is 20.2. The van der Waals surface area contributed by atoms with Crippen molar-refractivity contribution < 1.29 is 9.53 Å². The highest BCUT2D eigenvalue weighted by atomic mass is 32.1. The summed E-state index contributed by atoms with van der Waals surface area (Å²) in [6, 6.07) is 18.1. The van der Waals surface area contributed by atoms with Gasteiger partial charge in [-0.1, -0.05) is 36.4 Å². The Morgan fingerprint density at radius 3 is 2.83 bits per heavy atom. The molecule has 0 saturated carbocycles. The van der Waals surface area contributed by atoms with E-state index in [-0.39, 0.29) is 11.9 Å². The van der Waals surface area contributed by atoms with E-state index < -0.39 is 0 Å². The highest BCUT2D eigenvalue weighted by Gasteiger charge is 2.24. The third-order valence-corrected chi connectivity index (χ3v) is 5.83. The predicted molar refractivity (Wildman–Crippen MR) is 122 cm³/mol. The Morgan fingerprint density at radius 2 is 2.03 bits per heavy atom. The second-order valence-electron chi connectivity index (χ2n) is 7.30. The van der Waals surface area contributed by atoms with Gasteiger partial charge in [0.25, 0.3) is 0 Å². The molecule has 1 aromatic heterocycles. The number of hydrogen-bond donors (Lipinski definition) is 1. The number of carbonyl (C=O) groups excluding carboxylic acids is 1. The van der Waals surface area contributed by atoms with Gasteiger partial charge in [-0.15, -0.1) is 11.3 Å². The fraction of sp³-hybridized carbons (Fsp3) is 0.250. The summed E-state index contributed by atoms with van der Waals surface area (Å²) in [5, 5.41) is 6.53. The first-order valence-corrected chi connectivity index (χ1v) is 11.0. The van der Waals surface area contributed by atoms with Crippen molar-refractivity contribution in [3.8, 4) is 5.75 Å². The molecule has 1 saturated heterocycles. The molecular formula is C24H25N3O2S. The molecule has 1 unspecified atom stereocenters. The monoisotopic (exact) mass is 419 g/mol. The molecule has 30 heavy (non-hydrogen) atoms. The maximum Gasteiger partial charge on any atom is 0.246 e. The van der Waals surface area contributed by atoms with Gasteiger partial charge in [0.1, 0.15) is 12.4 Å². The molecule has 0 aliphatic carbocycles. The van der Waals surface area contributed by atoms with Crippen molar-refractivity contribution in [2.45, 2.75) is 26.0 Å². The van der Waals surface area contributed by atoms with Crippen molar-refractivity contribution in [1.29, 1.82) is 0 Å². The molecule has 1 aliphatic heterocycles. The number of aryl methyl sites for hydroxylation is 1. The number of hydrogen-bond acceptors (Lipinski definition) is 5. The van der Waals surface area contributed by atoms with Crippen LogP contribution in [-0.4, -0.2) is 34.9 Å². The highest BCUT2D eigenvalue weighted by Crippen LogP contribution is 2.22. The Bertz CT molecular complexity index is 1020. The van der Waals surface area contributed by atoms with E-state index in [4.69, 9.17) is 4.74 Å². The normalized spacial score (nSPS) is 16.2. The molecule has 0 spiro atoms. The zero-order chi connectivity index (χ0) is 20.8. The summed E-state index contributed by atoms with van der Waals surface area (Å²) in [7, 11) is 0. The average molecular weight is 420 g/mol. The Labute approximate surface area is 181 Å². The molecule has 1 fully saturated rings. The Balaban J connectivity index is 1.34. The van der Waals surface area contributed by atoms with Gasteiger partial charge in [-0.3, -0.25) is 4.79 Å². The van der Waals surface area contributed by atoms with Crippen LogP contribution in [0.25, 0.3) is 6.08 Å². The third kappa shape index (κ3) is 5.27. The number of rotatable bonds is 7. The van der Waals surface area contributed by atoms with Crippen LogP contribution in [0.5, 0.6) is 5.75 Å². The van der Waals surface area contributed by atoms with Crippen molar-refractivity contribution in [3.05, 3.63) is 82.3 Å². The number of thiazole rings is 1. The summed E-state index contributed by atoms with van der Waals surface area (Å²) in [4.78, 5) is 19.0. The van der Waals surface area contributed by atoms with E-state index in [0.29, 0.717) is 13.2 Å². The van der Waals surface area contributed by atoms with Gasteiger partial charge in [-0.05, 0) is 37.6 Å². The summed E-state index contributed by atoms with van der Waals surface area (Å²) in [6.45, 7) is 3.87. The number of benzene rings is 2. The maximum absolute atomic E-state index is 12.7. The number of carbonyl (C=O) groups is 1. The zero-order valence-electron chi connectivity index (χ0n) is 17.0. The minimum Gasteiger partial charge on any atom is -0.487 e. The molecule has 1 aliphatic rings. The maximum atomic E-state index is 12.7.